The van der Waals surface area contributed by atoms with Crippen molar-refractivity contribution in [2.75, 3.05) is 7.11 Å². The molecule has 0 fully saturated rings. The molecule has 0 spiro atoms. The van der Waals surface area contributed by atoms with E-state index in [9.17, 15) is 4.79 Å². The van der Waals surface area contributed by atoms with E-state index in [1.54, 1.807) is 7.11 Å². The van der Waals surface area contributed by atoms with Gasteiger partial charge in [-0.1, -0.05) is 66.8 Å². The van der Waals surface area contributed by atoms with Crippen molar-refractivity contribution in [3.8, 4) is 5.75 Å². The van der Waals surface area contributed by atoms with Crippen molar-refractivity contribution in [3.05, 3.63) is 84.0 Å². The molecule has 0 aliphatic heterocycles. The molecule has 1 N–H and O–H groups in total. The van der Waals surface area contributed by atoms with Crippen LogP contribution in [0.4, 0.5) is 0 Å². The van der Waals surface area contributed by atoms with Crippen molar-refractivity contribution in [1.29, 1.82) is 0 Å². The second-order valence-electron chi connectivity index (χ2n) is 6.14. The van der Waals surface area contributed by atoms with Crippen LogP contribution in [-0.4, -0.2) is 18.9 Å². The number of aldehydes is 1. The van der Waals surface area contributed by atoms with E-state index >= 15 is 0 Å². The third-order valence-electron chi connectivity index (χ3n) is 3.99. The van der Waals surface area contributed by atoms with E-state index in [0.717, 1.165) is 23.2 Å². The molecule has 0 radical (unpaired) electrons. The molecular formula is C22H25NO2. The minimum atomic E-state index is -0.586. The van der Waals surface area contributed by atoms with Crippen molar-refractivity contribution in [1.82, 2.24) is 5.32 Å². The molecule has 25 heavy (non-hydrogen) atoms. The van der Waals surface area contributed by atoms with E-state index in [4.69, 9.17) is 4.74 Å². The number of carbonyl (C=O) groups is 1. The molecule has 0 unspecified atom stereocenters. The highest BCUT2D eigenvalue weighted by Crippen LogP contribution is 2.13. The molecule has 130 valence electrons. The second kappa shape index (κ2) is 9.60. The lowest BCUT2D eigenvalue weighted by Crippen LogP contribution is -2.42. The highest BCUT2D eigenvalue weighted by atomic mass is 16.5. The van der Waals surface area contributed by atoms with Gasteiger partial charge in [0.15, 0.2) is 0 Å². The Kier molecular flexibility index (Phi) is 7.17. The van der Waals surface area contributed by atoms with Crippen LogP contribution in [0, 0.1) is 0 Å². The van der Waals surface area contributed by atoms with Crippen LogP contribution in [0.1, 0.15) is 24.5 Å². The van der Waals surface area contributed by atoms with Gasteiger partial charge in [-0.25, -0.2) is 0 Å². The average Bonchev–Trinajstić information content (AvgIpc) is 2.67. The monoisotopic (exact) mass is 335 g/mol. The SMILES string of the molecule is COc1ccc(CN[C@@](C)(C=O)CC=C/C=C/c2ccccc2)cc1. The molecule has 2 aromatic carbocycles. The van der Waals surface area contributed by atoms with Crippen LogP contribution in [0.3, 0.4) is 0 Å². The minimum Gasteiger partial charge on any atom is -0.497 e. The fraction of sp³-hybridized carbons (Fsp3) is 0.227. The van der Waals surface area contributed by atoms with Gasteiger partial charge in [0.1, 0.15) is 12.0 Å². The molecular weight excluding hydrogens is 310 g/mol. The van der Waals surface area contributed by atoms with Gasteiger partial charge in [0.25, 0.3) is 0 Å². The number of benzene rings is 2. The van der Waals surface area contributed by atoms with E-state index in [1.807, 2.05) is 73.7 Å². The molecule has 0 aliphatic rings. The van der Waals surface area contributed by atoms with Crippen LogP contribution >= 0.6 is 0 Å². The zero-order valence-corrected chi connectivity index (χ0v) is 14.8. The minimum absolute atomic E-state index is 0.586. The quantitative estimate of drug-likeness (QED) is 0.545. The third kappa shape index (κ3) is 6.40. The first-order chi connectivity index (χ1) is 12.1. The summed E-state index contributed by atoms with van der Waals surface area (Å²) in [4.78, 5) is 11.5. The summed E-state index contributed by atoms with van der Waals surface area (Å²) in [6.45, 7) is 2.54. The maximum atomic E-state index is 11.5. The van der Waals surface area contributed by atoms with Gasteiger partial charge in [-0.2, -0.15) is 0 Å². The van der Waals surface area contributed by atoms with Crippen molar-refractivity contribution in [2.24, 2.45) is 0 Å². The van der Waals surface area contributed by atoms with E-state index in [-0.39, 0.29) is 0 Å². The number of hydrogen-bond donors (Lipinski definition) is 1. The smallest absolute Gasteiger partial charge is 0.140 e. The fourth-order valence-electron chi connectivity index (χ4n) is 2.33. The van der Waals surface area contributed by atoms with Gasteiger partial charge >= 0.3 is 0 Å². The number of methoxy groups -OCH3 is 1. The molecule has 2 rings (SSSR count). The summed E-state index contributed by atoms with van der Waals surface area (Å²) in [7, 11) is 1.65. The molecule has 3 nitrogen and oxygen atoms in total. The molecule has 2 aromatic rings. The van der Waals surface area contributed by atoms with E-state index in [0.29, 0.717) is 13.0 Å². The summed E-state index contributed by atoms with van der Waals surface area (Å²) in [5.41, 5.74) is 1.68. The maximum Gasteiger partial charge on any atom is 0.140 e. The van der Waals surface area contributed by atoms with E-state index in [1.165, 1.54) is 0 Å². The van der Waals surface area contributed by atoms with Gasteiger partial charge in [0.05, 0.1) is 12.6 Å². The van der Waals surface area contributed by atoms with E-state index < -0.39 is 5.54 Å². The molecule has 1 atom stereocenters. The van der Waals surface area contributed by atoms with Gasteiger partial charge in [0.2, 0.25) is 0 Å². The zero-order chi connectivity index (χ0) is 18.0. The molecule has 0 heterocycles. The van der Waals surface area contributed by atoms with Crippen molar-refractivity contribution in [3.63, 3.8) is 0 Å². The highest BCUT2D eigenvalue weighted by Gasteiger charge is 2.20. The van der Waals surface area contributed by atoms with Crippen molar-refractivity contribution in [2.45, 2.75) is 25.4 Å². The van der Waals surface area contributed by atoms with Crippen molar-refractivity contribution >= 4 is 12.4 Å². The number of carbonyl (C=O) groups excluding carboxylic acids is 1. The summed E-state index contributed by atoms with van der Waals surface area (Å²) in [6, 6.07) is 18.0. The number of nitrogens with one attached hydrogen (secondary N) is 1. The highest BCUT2D eigenvalue weighted by molar-refractivity contribution is 5.64. The third-order valence-corrected chi connectivity index (χ3v) is 3.99. The van der Waals surface area contributed by atoms with Gasteiger partial charge in [0, 0.05) is 6.54 Å². The molecule has 0 bridgehead atoms. The van der Waals surface area contributed by atoms with Crippen LogP contribution in [-0.2, 0) is 11.3 Å². The Morgan fingerprint density at radius 2 is 1.76 bits per heavy atom. The second-order valence-corrected chi connectivity index (χ2v) is 6.14. The van der Waals surface area contributed by atoms with Gasteiger partial charge in [-0.15, -0.1) is 0 Å². The Balaban J connectivity index is 1.85. The summed E-state index contributed by atoms with van der Waals surface area (Å²) < 4.78 is 5.15. The largest absolute Gasteiger partial charge is 0.497 e. The summed E-state index contributed by atoms with van der Waals surface area (Å²) in [5.74, 6) is 0.829. The first-order valence-corrected chi connectivity index (χ1v) is 8.38. The lowest BCUT2D eigenvalue weighted by atomic mass is 9.99. The Bertz CT molecular complexity index is 705. The number of hydrogen-bond acceptors (Lipinski definition) is 3. The average molecular weight is 335 g/mol. The molecule has 0 aliphatic carbocycles. The van der Waals surface area contributed by atoms with Crippen molar-refractivity contribution < 1.29 is 9.53 Å². The predicted molar refractivity (Wildman–Crippen MR) is 104 cm³/mol. The lowest BCUT2D eigenvalue weighted by Gasteiger charge is -2.23. The zero-order valence-electron chi connectivity index (χ0n) is 14.8. The number of ether oxygens (including phenoxy) is 1. The van der Waals surface area contributed by atoms with Crippen LogP contribution < -0.4 is 10.1 Å². The molecule has 0 aromatic heterocycles. The summed E-state index contributed by atoms with van der Waals surface area (Å²) in [6.07, 6.45) is 9.62. The normalized spacial score (nSPS) is 13.8. The summed E-state index contributed by atoms with van der Waals surface area (Å²) in [5, 5.41) is 3.32. The predicted octanol–water partition coefficient (Wildman–Crippen LogP) is 4.40. The Hall–Kier alpha value is -2.65. The Labute approximate surface area is 150 Å². The van der Waals surface area contributed by atoms with Crippen LogP contribution in [0.15, 0.2) is 72.8 Å². The number of rotatable bonds is 9. The van der Waals surface area contributed by atoms with Crippen LogP contribution in [0.2, 0.25) is 0 Å². The van der Waals surface area contributed by atoms with Gasteiger partial charge < -0.3 is 14.8 Å². The topological polar surface area (TPSA) is 38.3 Å². The van der Waals surface area contributed by atoms with Gasteiger partial charge in [-0.05, 0) is 36.6 Å². The lowest BCUT2D eigenvalue weighted by molar-refractivity contribution is -0.112. The fourth-order valence-corrected chi connectivity index (χ4v) is 2.33. The first-order valence-electron chi connectivity index (χ1n) is 8.38. The first kappa shape index (κ1) is 18.7. The standard InChI is InChI=1S/C22H25NO2/c1-22(18-24,23-17-20-12-14-21(25-2)15-13-20)16-8-4-7-11-19-9-5-3-6-10-19/h3-15,18,23H,16-17H2,1-2H3/b8-4?,11-7+/t22-/m1/s1. The van der Waals surface area contributed by atoms with Crippen LogP contribution in [0.5, 0.6) is 5.75 Å². The van der Waals surface area contributed by atoms with Crippen LogP contribution in [0.25, 0.3) is 6.08 Å². The Morgan fingerprint density at radius 3 is 2.40 bits per heavy atom. The molecule has 0 saturated heterocycles. The Morgan fingerprint density at radius 1 is 1.04 bits per heavy atom. The molecule has 3 heteroatoms. The maximum absolute atomic E-state index is 11.5. The van der Waals surface area contributed by atoms with Gasteiger partial charge in [-0.3, -0.25) is 0 Å². The van der Waals surface area contributed by atoms with E-state index in [2.05, 4.69) is 17.4 Å². The number of allylic oxidation sites excluding steroid dienone is 2. The molecule has 0 amide bonds. The molecule has 0 saturated carbocycles. The summed E-state index contributed by atoms with van der Waals surface area (Å²) >= 11 is 0.